The summed E-state index contributed by atoms with van der Waals surface area (Å²) in [6, 6.07) is 15.6. The molecule has 1 heterocycles. The zero-order chi connectivity index (χ0) is 16.1. The molecule has 3 rings (SSSR count). The summed E-state index contributed by atoms with van der Waals surface area (Å²) in [6.07, 6.45) is 1.82. The molecule has 0 atom stereocenters. The van der Waals surface area contributed by atoms with Crippen LogP contribution in [0.15, 0.2) is 54.7 Å². The van der Waals surface area contributed by atoms with E-state index < -0.39 is 0 Å². The van der Waals surface area contributed by atoms with Gasteiger partial charge in [-0.25, -0.2) is 0 Å². The maximum Gasteiger partial charge on any atom is 0.0695 e. The van der Waals surface area contributed by atoms with Crippen LogP contribution < -0.4 is 5.32 Å². The first-order valence-corrected chi connectivity index (χ1v) is 7.82. The molecule has 3 N–H and O–H groups in total. The number of aromatic amines is 1. The minimum atomic E-state index is 0.0529. The van der Waals surface area contributed by atoms with Gasteiger partial charge in [0.15, 0.2) is 0 Å². The van der Waals surface area contributed by atoms with Crippen LogP contribution in [0.25, 0.3) is 11.3 Å². The second-order valence-electron chi connectivity index (χ2n) is 5.31. The predicted octanol–water partition coefficient (Wildman–Crippen LogP) is 3.51. The van der Waals surface area contributed by atoms with Gasteiger partial charge in [-0.15, -0.1) is 0 Å². The maximum absolute atomic E-state index is 9.37. The first kappa shape index (κ1) is 15.7. The average molecular weight is 328 g/mol. The van der Waals surface area contributed by atoms with Crippen LogP contribution in [0.3, 0.4) is 0 Å². The van der Waals surface area contributed by atoms with Gasteiger partial charge in [0.05, 0.1) is 18.5 Å². The van der Waals surface area contributed by atoms with E-state index in [-0.39, 0.29) is 6.61 Å². The fourth-order valence-electron chi connectivity index (χ4n) is 2.56. The Hall–Kier alpha value is -2.14. The number of nitrogens with zero attached hydrogens (tertiary/aromatic N) is 1. The van der Waals surface area contributed by atoms with Gasteiger partial charge in [0.1, 0.15) is 0 Å². The van der Waals surface area contributed by atoms with Crippen molar-refractivity contribution in [2.75, 3.05) is 0 Å². The predicted molar refractivity (Wildman–Crippen MR) is 91.9 cm³/mol. The molecular formula is C18H18ClN3O. The topological polar surface area (TPSA) is 60.9 Å². The highest BCUT2D eigenvalue weighted by molar-refractivity contribution is 6.30. The molecule has 0 fully saturated rings. The molecular weight excluding hydrogens is 310 g/mol. The van der Waals surface area contributed by atoms with Crippen LogP contribution in [0.5, 0.6) is 0 Å². The summed E-state index contributed by atoms with van der Waals surface area (Å²) in [5.74, 6) is 0. The van der Waals surface area contributed by atoms with Crippen molar-refractivity contribution in [1.82, 2.24) is 15.5 Å². The van der Waals surface area contributed by atoms with E-state index in [1.54, 1.807) is 0 Å². The highest BCUT2D eigenvalue weighted by atomic mass is 35.5. The molecule has 0 unspecified atom stereocenters. The summed E-state index contributed by atoms with van der Waals surface area (Å²) in [7, 11) is 0. The number of hydrogen-bond acceptors (Lipinski definition) is 3. The molecule has 0 aliphatic heterocycles. The Balaban J connectivity index is 1.69. The van der Waals surface area contributed by atoms with Crippen LogP contribution in [-0.2, 0) is 19.7 Å². The van der Waals surface area contributed by atoms with Gasteiger partial charge < -0.3 is 10.4 Å². The summed E-state index contributed by atoms with van der Waals surface area (Å²) in [6.45, 7) is 1.42. The van der Waals surface area contributed by atoms with Gasteiger partial charge in [0, 0.05) is 29.2 Å². The number of aromatic nitrogens is 2. The number of benzene rings is 2. The lowest BCUT2D eigenvalue weighted by Gasteiger charge is -2.09. The Kier molecular flexibility index (Phi) is 5.08. The number of nitrogens with one attached hydrogen (secondary N) is 2. The Labute approximate surface area is 140 Å². The minimum absolute atomic E-state index is 0.0529. The van der Waals surface area contributed by atoms with E-state index in [1.165, 1.54) is 0 Å². The average Bonchev–Trinajstić information content (AvgIpc) is 3.04. The number of halogens is 1. The molecule has 1 aromatic heterocycles. The van der Waals surface area contributed by atoms with Crippen molar-refractivity contribution in [1.29, 1.82) is 0 Å². The van der Waals surface area contributed by atoms with Gasteiger partial charge >= 0.3 is 0 Å². The molecule has 0 radical (unpaired) electrons. The maximum atomic E-state index is 9.37. The third-order valence-electron chi connectivity index (χ3n) is 3.75. The summed E-state index contributed by atoms with van der Waals surface area (Å²) in [4.78, 5) is 0. The zero-order valence-corrected chi connectivity index (χ0v) is 13.3. The monoisotopic (exact) mass is 327 g/mol. The van der Waals surface area contributed by atoms with Crippen molar-refractivity contribution >= 4 is 11.6 Å². The largest absolute Gasteiger partial charge is 0.392 e. The van der Waals surface area contributed by atoms with Crippen LogP contribution in [-0.4, -0.2) is 15.3 Å². The van der Waals surface area contributed by atoms with Gasteiger partial charge in [0.25, 0.3) is 0 Å². The Bertz CT molecular complexity index is 785. The normalized spacial score (nSPS) is 10.9. The fourth-order valence-corrected chi connectivity index (χ4v) is 2.75. The molecule has 0 spiro atoms. The van der Waals surface area contributed by atoms with Crippen molar-refractivity contribution < 1.29 is 5.11 Å². The van der Waals surface area contributed by atoms with Gasteiger partial charge in [-0.05, 0) is 23.3 Å². The van der Waals surface area contributed by atoms with Crippen molar-refractivity contribution in [3.8, 4) is 11.3 Å². The van der Waals surface area contributed by atoms with Gasteiger partial charge in [0.2, 0.25) is 0 Å². The molecule has 23 heavy (non-hydrogen) atoms. The van der Waals surface area contributed by atoms with Crippen LogP contribution in [0.1, 0.15) is 16.7 Å². The third-order valence-corrected chi connectivity index (χ3v) is 3.99. The zero-order valence-electron chi connectivity index (χ0n) is 12.6. The molecule has 4 nitrogen and oxygen atoms in total. The standard InChI is InChI=1S/C18H18ClN3O/c19-17-7-3-6-13(8-17)18-16(11-21-22-18)10-20-9-14-4-1-2-5-15(14)12-23/h1-8,11,20,23H,9-10,12H2,(H,21,22). The van der Waals surface area contributed by atoms with Gasteiger partial charge in [-0.2, -0.15) is 5.10 Å². The molecule has 0 aliphatic carbocycles. The minimum Gasteiger partial charge on any atom is -0.392 e. The first-order chi connectivity index (χ1) is 11.3. The van der Waals surface area contributed by atoms with E-state index in [4.69, 9.17) is 11.6 Å². The summed E-state index contributed by atoms with van der Waals surface area (Å²) in [5.41, 5.74) is 5.11. The van der Waals surface area contributed by atoms with Crippen LogP contribution in [0.2, 0.25) is 5.02 Å². The van der Waals surface area contributed by atoms with Crippen LogP contribution in [0.4, 0.5) is 0 Å². The van der Waals surface area contributed by atoms with Crippen LogP contribution in [0, 0.1) is 0 Å². The molecule has 2 aromatic carbocycles. The van der Waals surface area contributed by atoms with Gasteiger partial charge in [-0.1, -0.05) is 48.0 Å². The number of rotatable bonds is 6. The highest BCUT2D eigenvalue weighted by Gasteiger charge is 2.08. The highest BCUT2D eigenvalue weighted by Crippen LogP contribution is 2.24. The van der Waals surface area contributed by atoms with E-state index in [9.17, 15) is 5.11 Å². The van der Waals surface area contributed by atoms with Crippen molar-refractivity contribution in [3.63, 3.8) is 0 Å². The molecule has 0 bridgehead atoms. The second kappa shape index (κ2) is 7.42. The Morgan fingerprint density at radius 1 is 1.00 bits per heavy atom. The molecule has 0 saturated heterocycles. The van der Waals surface area contributed by atoms with Crippen molar-refractivity contribution in [2.45, 2.75) is 19.7 Å². The fraction of sp³-hybridized carbons (Fsp3) is 0.167. The Morgan fingerprint density at radius 2 is 1.78 bits per heavy atom. The van der Waals surface area contributed by atoms with Crippen LogP contribution >= 0.6 is 11.6 Å². The van der Waals surface area contributed by atoms with Gasteiger partial charge in [-0.3, -0.25) is 5.10 Å². The number of aliphatic hydroxyl groups excluding tert-OH is 1. The molecule has 0 aliphatic rings. The molecule has 3 aromatic rings. The van der Waals surface area contributed by atoms with E-state index >= 15 is 0 Å². The van der Waals surface area contributed by atoms with E-state index in [0.29, 0.717) is 18.1 Å². The number of H-pyrrole nitrogens is 1. The van der Waals surface area contributed by atoms with Crippen molar-refractivity contribution in [2.24, 2.45) is 0 Å². The second-order valence-corrected chi connectivity index (χ2v) is 5.75. The molecule has 0 saturated carbocycles. The lowest BCUT2D eigenvalue weighted by molar-refractivity contribution is 0.280. The summed E-state index contributed by atoms with van der Waals surface area (Å²) in [5, 5.41) is 20.6. The lowest BCUT2D eigenvalue weighted by Crippen LogP contribution is -2.14. The molecule has 0 amide bonds. The van der Waals surface area contributed by atoms with E-state index in [0.717, 1.165) is 27.9 Å². The quantitative estimate of drug-likeness (QED) is 0.649. The smallest absolute Gasteiger partial charge is 0.0695 e. The SMILES string of the molecule is OCc1ccccc1CNCc1cn[nH]c1-c1cccc(Cl)c1. The molecule has 118 valence electrons. The van der Waals surface area contributed by atoms with E-state index in [2.05, 4.69) is 15.5 Å². The summed E-state index contributed by atoms with van der Waals surface area (Å²) < 4.78 is 0. The van der Waals surface area contributed by atoms with E-state index in [1.807, 2.05) is 54.7 Å². The molecule has 5 heteroatoms. The number of hydrogen-bond donors (Lipinski definition) is 3. The Morgan fingerprint density at radius 3 is 2.57 bits per heavy atom. The number of aliphatic hydroxyl groups is 1. The van der Waals surface area contributed by atoms with Crippen molar-refractivity contribution in [3.05, 3.63) is 76.4 Å². The first-order valence-electron chi connectivity index (χ1n) is 7.44. The lowest BCUT2D eigenvalue weighted by atomic mass is 10.1. The summed E-state index contributed by atoms with van der Waals surface area (Å²) >= 11 is 6.06. The third kappa shape index (κ3) is 3.79.